The fourth-order valence-electron chi connectivity index (χ4n) is 0.801. The molecule has 0 radical (unpaired) electrons. The van der Waals surface area contributed by atoms with Crippen molar-refractivity contribution in [3.63, 3.8) is 0 Å². The Kier molecular flexibility index (Phi) is 3.45. The minimum Gasteiger partial charge on any atom is -0.396 e. The molecule has 0 fully saturated rings. The van der Waals surface area contributed by atoms with Crippen LogP contribution in [-0.2, 0) is 12.8 Å². The average molecular weight is 172 g/mol. The summed E-state index contributed by atoms with van der Waals surface area (Å²) >= 11 is 1.72. The van der Waals surface area contributed by atoms with Gasteiger partial charge >= 0.3 is 0 Å². The quantitative estimate of drug-likeness (QED) is 0.677. The molecule has 0 amide bonds. The second-order valence-corrected chi connectivity index (χ2v) is 3.40. The van der Waals surface area contributed by atoms with Crippen LogP contribution in [0.25, 0.3) is 0 Å². The van der Waals surface area contributed by atoms with Gasteiger partial charge in [0.1, 0.15) is 0 Å². The Morgan fingerprint density at radius 1 is 1.73 bits per heavy atom. The Morgan fingerprint density at radius 2 is 2.55 bits per heavy atom. The monoisotopic (exact) mass is 172 g/mol. The van der Waals surface area contributed by atoms with Gasteiger partial charge in [-0.15, -0.1) is 0 Å². The summed E-state index contributed by atoms with van der Waals surface area (Å²) in [5, 5.41) is 12.5. The van der Waals surface area contributed by atoms with Gasteiger partial charge in [-0.2, -0.15) is 16.9 Å². The Morgan fingerprint density at radius 3 is 3.09 bits per heavy atom. The van der Waals surface area contributed by atoms with Gasteiger partial charge in [-0.05, 0) is 5.56 Å². The summed E-state index contributed by atoms with van der Waals surface area (Å²) < 4.78 is 1.79. The van der Waals surface area contributed by atoms with E-state index in [4.69, 9.17) is 5.11 Å². The minimum atomic E-state index is 0.255. The van der Waals surface area contributed by atoms with Gasteiger partial charge in [0.05, 0.1) is 12.8 Å². The van der Waals surface area contributed by atoms with Gasteiger partial charge in [0, 0.05) is 24.8 Å². The second-order valence-electron chi connectivity index (χ2n) is 2.30. The van der Waals surface area contributed by atoms with Crippen LogP contribution in [0.5, 0.6) is 0 Å². The number of aromatic nitrogens is 2. The van der Waals surface area contributed by atoms with Crippen LogP contribution in [0.15, 0.2) is 12.4 Å². The number of nitrogens with zero attached hydrogens (tertiary/aromatic N) is 2. The first-order valence-corrected chi connectivity index (χ1v) is 4.64. The number of thioether (sulfide) groups is 1. The van der Waals surface area contributed by atoms with Crippen molar-refractivity contribution in [1.29, 1.82) is 0 Å². The molecule has 0 spiro atoms. The molecule has 0 aliphatic heterocycles. The largest absolute Gasteiger partial charge is 0.396 e. The van der Waals surface area contributed by atoms with E-state index in [2.05, 4.69) is 5.10 Å². The predicted octanol–water partition coefficient (Wildman–Crippen LogP) is 0.646. The highest BCUT2D eigenvalue weighted by Crippen LogP contribution is 2.09. The van der Waals surface area contributed by atoms with Crippen molar-refractivity contribution in [2.75, 3.05) is 12.4 Å². The van der Waals surface area contributed by atoms with E-state index >= 15 is 0 Å². The molecule has 0 saturated carbocycles. The average Bonchev–Trinajstić information content (AvgIpc) is 2.37. The molecule has 1 rings (SSSR count). The summed E-state index contributed by atoms with van der Waals surface area (Å²) in [5.74, 6) is 1.74. The van der Waals surface area contributed by atoms with Gasteiger partial charge in [0.2, 0.25) is 0 Å². The highest BCUT2D eigenvalue weighted by Gasteiger charge is 1.94. The van der Waals surface area contributed by atoms with Gasteiger partial charge in [-0.1, -0.05) is 0 Å². The Bertz CT molecular complexity index is 212. The SMILES string of the molecule is Cn1cc(CSCCO)cn1. The van der Waals surface area contributed by atoms with E-state index < -0.39 is 0 Å². The molecular formula is C7H12N2OS. The molecule has 0 unspecified atom stereocenters. The maximum absolute atomic E-state index is 8.51. The van der Waals surface area contributed by atoms with E-state index in [1.165, 1.54) is 5.56 Å². The molecule has 0 saturated heterocycles. The first-order valence-electron chi connectivity index (χ1n) is 3.49. The first kappa shape index (κ1) is 8.62. The Labute approximate surface area is 70.4 Å². The van der Waals surface area contributed by atoms with Crippen LogP contribution in [0.3, 0.4) is 0 Å². The first-order chi connectivity index (χ1) is 5.33. The Balaban J connectivity index is 2.27. The highest BCUT2D eigenvalue weighted by molar-refractivity contribution is 7.98. The maximum Gasteiger partial charge on any atom is 0.0530 e. The fourth-order valence-corrected chi connectivity index (χ4v) is 1.46. The van der Waals surface area contributed by atoms with E-state index in [1.54, 1.807) is 16.4 Å². The van der Waals surface area contributed by atoms with Gasteiger partial charge < -0.3 is 5.11 Å². The normalized spacial score (nSPS) is 10.4. The number of rotatable bonds is 4. The smallest absolute Gasteiger partial charge is 0.0530 e. The van der Waals surface area contributed by atoms with Gasteiger partial charge in [-0.25, -0.2) is 0 Å². The number of hydrogen-bond acceptors (Lipinski definition) is 3. The third-order valence-electron chi connectivity index (χ3n) is 1.26. The van der Waals surface area contributed by atoms with E-state index in [-0.39, 0.29) is 6.61 Å². The lowest BCUT2D eigenvalue weighted by molar-refractivity contribution is 0.322. The highest BCUT2D eigenvalue weighted by atomic mass is 32.2. The lowest BCUT2D eigenvalue weighted by atomic mass is 10.4. The zero-order valence-electron chi connectivity index (χ0n) is 6.53. The second kappa shape index (κ2) is 4.41. The van der Waals surface area contributed by atoms with Crippen LogP contribution >= 0.6 is 11.8 Å². The molecule has 1 aromatic heterocycles. The summed E-state index contributed by atoms with van der Waals surface area (Å²) in [6.07, 6.45) is 3.84. The van der Waals surface area contributed by atoms with Crippen molar-refractivity contribution >= 4 is 11.8 Å². The molecule has 0 atom stereocenters. The lowest BCUT2D eigenvalue weighted by Crippen LogP contribution is -1.87. The molecule has 1 N–H and O–H groups in total. The van der Waals surface area contributed by atoms with Gasteiger partial charge in [0.15, 0.2) is 0 Å². The number of aryl methyl sites for hydroxylation is 1. The minimum absolute atomic E-state index is 0.255. The van der Waals surface area contributed by atoms with Crippen molar-refractivity contribution in [3.8, 4) is 0 Å². The zero-order valence-corrected chi connectivity index (χ0v) is 7.34. The fraction of sp³-hybridized carbons (Fsp3) is 0.571. The third-order valence-corrected chi connectivity index (χ3v) is 2.27. The molecular weight excluding hydrogens is 160 g/mol. The van der Waals surface area contributed by atoms with Crippen LogP contribution in [0.2, 0.25) is 0 Å². The summed E-state index contributed by atoms with van der Waals surface area (Å²) in [4.78, 5) is 0. The number of aliphatic hydroxyl groups is 1. The Hall–Kier alpha value is -0.480. The molecule has 0 aliphatic carbocycles. The molecule has 0 aliphatic rings. The topological polar surface area (TPSA) is 38.0 Å². The summed E-state index contributed by atoms with van der Waals surface area (Å²) in [6.45, 7) is 0.255. The molecule has 3 nitrogen and oxygen atoms in total. The van der Waals surface area contributed by atoms with E-state index in [9.17, 15) is 0 Å². The molecule has 0 bridgehead atoms. The number of aliphatic hydroxyl groups excluding tert-OH is 1. The number of hydrogen-bond donors (Lipinski definition) is 1. The van der Waals surface area contributed by atoms with Crippen molar-refractivity contribution in [2.24, 2.45) is 7.05 Å². The molecule has 1 heterocycles. The van der Waals surface area contributed by atoms with Crippen LogP contribution in [0, 0.1) is 0 Å². The summed E-state index contributed by atoms with van der Waals surface area (Å²) in [5.41, 5.74) is 1.21. The third kappa shape index (κ3) is 2.95. The van der Waals surface area contributed by atoms with Crippen LogP contribution in [-0.4, -0.2) is 27.2 Å². The summed E-state index contributed by atoms with van der Waals surface area (Å²) in [7, 11) is 1.90. The van der Waals surface area contributed by atoms with Crippen LogP contribution < -0.4 is 0 Å². The molecule has 62 valence electrons. The molecule has 4 heteroatoms. The van der Waals surface area contributed by atoms with E-state index in [0.29, 0.717) is 0 Å². The van der Waals surface area contributed by atoms with Crippen molar-refractivity contribution < 1.29 is 5.11 Å². The molecule has 11 heavy (non-hydrogen) atoms. The van der Waals surface area contributed by atoms with E-state index in [0.717, 1.165) is 11.5 Å². The van der Waals surface area contributed by atoms with Crippen molar-refractivity contribution in [2.45, 2.75) is 5.75 Å². The molecule has 0 aromatic carbocycles. The van der Waals surface area contributed by atoms with Crippen LogP contribution in [0.4, 0.5) is 0 Å². The van der Waals surface area contributed by atoms with Crippen molar-refractivity contribution in [3.05, 3.63) is 18.0 Å². The maximum atomic E-state index is 8.51. The predicted molar refractivity (Wildman–Crippen MR) is 46.5 cm³/mol. The standard InChI is InChI=1S/C7H12N2OS/c1-9-5-7(4-8-9)6-11-3-2-10/h4-5,10H,2-3,6H2,1H3. The van der Waals surface area contributed by atoms with Crippen LogP contribution in [0.1, 0.15) is 5.56 Å². The van der Waals surface area contributed by atoms with Crippen molar-refractivity contribution in [1.82, 2.24) is 9.78 Å². The summed E-state index contributed by atoms with van der Waals surface area (Å²) in [6, 6.07) is 0. The zero-order chi connectivity index (χ0) is 8.10. The van der Waals surface area contributed by atoms with Gasteiger partial charge in [-0.3, -0.25) is 4.68 Å². The lowest BCUT2D eigenvalue weighted by Gasteiger charge is -1.93. The molecule has 1 aromatic rings. The van der Waals surface area contributed by atoms with Gasteiger partial charge in [0.25, 0.3) is 0 Å². The van der Waals surface area contributed by atoms with E-state index in [1.807, 2.05) is 19.4 Å².